The molecule has 13 rings (SSSR count). The van der Waals surface area contributed by atoms with Crippen molar-refractivity contribution in [1.29, 1.82) is 0 Å². The van der Waals surface area contributed by atoms with Crippen LogP contribution in [0.15, 0.2) is 179 Å². The monoisotopic (exact) mass is 675 g/mol. The van der Waals surface area contributed by atoms with Crippen LogP contribution in [-0.4, -0.2) is 11.9 Å². The molecule has 2 aliphatic heterocycles. The lowest BCUT2D eigenvalue weighted by atomic mass is 9.83. The van der Waals surface area contributed by atoms with E-state index in [4.69, 9.17) is 9.41 Å². The molecule has 5 aliphatic rings. The molecule has 4 heteroatoms. The molecule has 7 aromatic carbocycles. The van der Waals surface area contributed by atoms with Gasteiger partial charge in [-0.05, 0) is 51.4 Å². The van der Waals surface area contributed by atoms with Crippen molar-refractivity contribution in [3.8, 4) is 22.3 Å². The summed E-state index contributed by atoms with van der Waals surface area (Å²) >= 11 is 0. The van der Waals surface area contributed by atoms with E-state index in [-0.39, 0.29) is 6.04 Å². The van der Waals surface area contributed by atoms with Crippen LogP contribution in [0.2, 0.25) is 0 Å². The molecule has 8 aromatic rings. The molecule has 246 valence electrons. The van der Waals surface area contributed by atoms with Crippen molar-refractivity contribution in [2.75, 3.05) is 4.90 Å². The van der Waals surface area contributed by atoms with E-state index in [1.807, 2.05) is 0 Å². The van der Waals surface area contributed by atoms with Crippen molar-refractivity contribution >= 4 is 55.6 Å². The minimum atomic E-state index is -0.534. The van der Waals surface area contributed by atoms with Crippen molar-refractivity contribution in [1.82, 2.24) is 5.32 Å². The third-order valence-corrected chi connectivity index (χ3v) is 12.1. The number of hydrogen-bond acceptors (Lipinski definition) is 4. The van der Waals surface area contributed by atoms with Gasteiger partial charge in [0.1, 0.15) is 22.5 Å². The predicted molar refractivity (Wildman–Crippen MR) is 216 cm³/mol. The minimum Gasteiger partial charge on any atom is -0.456 e. The van der Waals surface area contributed by atoms with Crippen LogP contribution < -0.4 is 10.2 Å². The van der Waals surface area contributed by atoms with E-state index in [1.165, 1.54) is 66.4 Å². The summed E-state index contributed by atoms with van der Waals surface area (Å²) in [4.78, 5) is 7.98. The summed E-state index contributed by atoms with van der Waals surface area (Å²) in [7, 11) is 0. The third kappa shape index (κ3) is 3.31. The van der Waals surface area contributed by atoms with E-state index >= 15 is 0 Å². The molecule has 3 heterocycles. The van der Waals surface area contributed by atoms with Gasteiger partial charge in [0.2, 0.25) is 0 Å². The fraction of sp³-hybridized carbons (Fsp3) is 0.0408. The lowest BCUT2D eigenvalue weighted by molar-refractivity contribution is 0.666. The summed E-state index contributed by atoms with van der Waals surface area (Å²) in [5, 5.41) is 8.66. The lowest BCUT2D eigenvalue weighted by Gasteiger charge is -2.39. The fourth-order valence-electron chi connectivity index (χ4n) is 10.2. The Morgan fingerprint density at radius 1 is 0.604 bits per heavy atom. The largest absolute Gasteiger partial charge is 0.456 e. The number of rotatable bonds is 3. The van der Waals surface area contributed by atoms with Gasteiger partial charge in [-0.15, -0.1) is 0 Å². The molecule has 53 heavy (non-hydrogen) atoms. The second-order valence-corrected chi connectivity index (χ2v) is 14.6. The quantitative estimate of drug-likeness (QED) is 0.203. The summed E-state index contributed by atoms with van der Waals surface area (Å²) < 4.78 is 6.66. The van der Waals surface area contributed by atoms with Crippen molar-refractivity contribution in [2.24, 2.45) is 4.99 Å². The van der Waals surface area contributed by atoms with Crippen LogP contribution in [0.4, 0.5) is 11.4 Å². The van der Waals surface area contributed by atoms with Crippen LogP contribution in [0.5, 0.6) is 0 Å². The van der Waals surface area contributed by atoms with Gasteiger partial charge in [-0.3, -0.25) is 0 Å². The topological polar surface area (TPSA) is 40.8 Å². The first-order valence-electron chi connectivity index (χ1n) is 18.3. The number of aliphatic imine (C=N–C) groups is 1. The van der Waals surface area contributed by atoms with Crippen molar-refractivity contribution < 1.29 is 4.42 Å². The van der Waals surface area contributed by atoms with Gasteiger partial charge in [-0.25, -0.2) is 4.99 Å². The number of para-hydroxylation sites is 1. The fourth-order valence-corrected chi connectivity index (χ4v) is 10.2. The van der Waals surface area contributed by atoms with E-state index < -0.39 is 5.54 Å². The Morgan fingerprint density at radius 2 is 1.38 bits per heavy atom. The zero-order chi connectivity index (χ0) is 34.4. The maximum Gasteiger partial charge on any atom is 0.138 e. The highest BCUT2D eigenvalue weighted by Crippen LogP contribution is 2.70. The highest BCUT2D eigenvalue weighted by Gasteiger charge is 2.60. The number of amidine groups is 1. The van der Waals surface area contributed by atoms with E-state index in [0.717, 1.165) is 44.9 Å². The molecule has 3 aliphatic carbocycles. The number of nitrogens with zero attached hydrogens (tertiary/aromatic N) is 2. The first-order chi connectivity index (χ1) is 26.3. The molecule has 0 bridgehead atoms. The van der Waals surface area contributed by atoms with Gasteiger partial charge in [0, 0.05) is 55.7 Å². The summed E-state index contributed by atoms with van der Waals surface area (Å²) in [5.41, 5.74) is 17.2. The molecular weight excluding hydrogens is 647 g/mol. The lowest BCUT2D eigenvalue weighted by Crippen LogP contribution is -2.40. The number of furan rings is 1. The maximum atomic E-state index is 6.66. The molecule has 0 saturated carbocycles. The van der Waals surface area contributed by atoms with Gasteiger partial charge in [0.05, 0.1) is 17.4 Å². The summed E-state index contributed by atoms with van der Waals surface area (Å²) in [6.07, 6.45) is 8.62. The third-order valence-electron chi connectivity index (χ3n) is 12.1. The van der Waals surface area contributed by atoms with Crippen LogP contribution >= 0.6 is 0 Å². The number of anilines is 2. The Hall–Kier alpha value is -6.91. The first-order valence-corrected chi connectivity index (χ1v) is 18.3. The molecular formula is C49H29N3O. The number of hydrogen-bond donors (Lipinski definition) is 1. The van der Waals surface area contributed by atoms with Gasteiger partial charge in [0.25, 0.3) is 0 Å². The Labute approximate surface area is 305 Å². The predicted octanol–water partition coefficient (Wildman–Crippen LogP) is 11.4. The minimum absolute atomic E-state index is 0.0321. The second kappa shape index (κ2) is 9.69. The Bertz CT molecular complexity index is 3110. The summed E-state index contributed by atoms with van der Waals surface area (Å²) in [6.45, 7) is 0. The van der Waals surface area contributed by atoms with Gasteiger partial charge in [-0.1, -0.05) is 140 Å². The van der Waals surface area contributed by atoms with Crippen LogP contribution in [0.3, 0.4) is 0 Å². The first kappa shape index (κ1) is 27.8. The molecule has 1 N–H and O–H groups in total. The number of nitrogens with one attached hydrogen (secondary N) is 1. The summed E-state index contributed by atoms with van der Waals surface area (Å²) in [5.74, 6) is 0.867. The highest BCUT2D eigenvalue weighted by atomic mass is 16.3. The molecule has 4 nitrogen and oxygen atoms in total. The second-order valence-electron chi connectivity index (χ2n) is 14.6. The van der Waals surface area contributed by atoms with E-state index in [2.05, 4.69) is 174 Å². The van der Waals surface area contributed by atoms with E-state index in [0.29, 0.717) is 0 Å². The molecule has 0 radical (unpaired) electrons. The average Bonchev–Trinajstić information content (AvgIpc) is 3.93. The Balaban J connectivity index is 1.11. The number of allylic oxidation sites excluding steroid dienone is 2. The van der Waals surface area contributed by atoms with Crippen molar-refractivity contribution in [2.45, 2.75) is 11.6 Å². The molecule has 1 aromatic heterocycles. The molecule has 0 amide bonds. The van der Waals surface area contributed by atoms with Gasteiger partial charge < -0.3 is 14.6 Å². The molecule has 2 atom stereocenters. The molecule has 0 saturated heterocycles. The highest BCUT2D eigenvalue weighted by molar-refractivity contribution is 6.27. The van der Waals surface area contributed by atoms with Crippen LogP contribution in [0.25, 0.3) is 60.7 Å². The Kier molecular flexibility index (Phi) is 5.08. The Morgan fingerprint density at radius 3 is 2.32 bits per heavy atom. The normalized spacial score (nSPS) is 19.6. The number of benzene rings is 7. The smallest absolute Gasteiger partial charge is 0.138 e. The van der Waals surface area contributed by atoms with Gasteiger partial charge >= 0.3 is 0 Å². The molecule has 2 unspecified atom stereocenters. The van der Waals surface area contributed by atoms with Crippen molar-refractivity contribution in [3.05, 3.63) is 197 Å². The van der Waals surface area contributed by atoms with Crippen molar-refractivity contribution in [3.63, 3.8) is 0 Å². The molecule has 0 fully saturated rings. The van der Waals surface area contributed by atoms with Crippen LogP contribution in [0.1, 0.15) is 27.8 Å². The van der Waals surface area contributed by atoms with Gasteiger partial charge in [0.15, 0.2) is 0 Å². The molecule has 1 spiro atoms. The summed E-state index contributed by atoms with van der Waals surface area (Å²) in [6, 6.07) is 50.9. The van der Waals surface area contributed by atoms with Gasteiger partial charge in [-0.2, -0.15) is 0 Å². The van der Waals surface area contributed by atoms with Crippen LogP contribution in [-0.2, 0) is 5.54 Å². The van der Waals surface area contributed by atoms with E-state index in [9.17, 15) is 0 Å². The zero-order valence-electron chi connectivity index (χ0n) is 28.5. The van der Waals surface area contributed by atoms with Crippen LogP contribution in [0, 0.1) is 0 Å². The SMILES string of the molecule is C1=CC2=C(c3ccccc3)N=C(c3cccc(N4c5cc6oc7ccccc7c6c6ccc7c(c56)C45c4ccccc4-c4cccc-7c45)c3)NC2C=C1. The zero-order valence-corrected chi connectivity index (χ0v) is 28.5. The number of fused-ring (bicyclic) bond motifs is 8. The standard InChI is InChI=1S/C49H29N3O/c1-2-12-28(13-3-1)47-35-17-5-8-22-39(35)50-48(51-47)29-14-10-15-30(26-29)52-40-27-42-43(36-18-6-9-23-41(36)53-42)37-25-24-34-33-20-11-19-32-31-16-4-7-21-38(31)49(52,45(32)33)46(34)44(37)40/h1-27,39H,(H,50,51). The maximum absolute atomic E-state index is 6.66. The van der Waals surface area contributed by atoms with E-state index in [1.54, 1.807) is 0 Å². The average molecular weight is 676 g/mol.